The van der Waals surface area contributed by atoms with E-state index in [1.165, 1.54) is 7.11 Å². The van der Waals surface area contributed by atoms with Crippen LogP contribution in [0.25, 0.3) is 0 Å². The van der Waals surface area contributed by atoms with Crippen LogP contribution in [0.4, 0.5) is 0 Å². The van der Waals surface area contributed by atoms with Crippen molar-refractivity contribution in [1.29, 1.82) is 0 Å². The number of ether oxygens (including phenoxy) is 1. The van der Waals surface area contributed by atoms with Crippen LogP contribution in [-0.2, 0) is 5.41 Å². The van der Waals surface area contributed by atoms with Gasteiger partial charge in [0.1, 0.15) is 0 Å². The molecule has 0 radical (unpaired) electrons. The third-order valence-corrected chi connectivity index (χ3v) is 3.23. The zero-order valence-electron chi connectivity index (χ0n) is 9.04. The van der Waals surface area contributed by atoms with Gasteiger partial charge in [-0.3, -0.25) is 0 Å². The first-order valence-electron chi connectivity index (χ1n) is 4.61. The van der Waals surface area contributed by atoms with Crippen LogP contribution < -0.4 is 4.74 Å². The number of methoxy groups -OCH3 is 1. The first-order chi connectivity index (χ1) is 6.94. The maximum atomic E-state index is 9.78. The van der Waals surface area contributed by atoms with E-state index in [1.54, 1.807) is 6.07 Å². The van der Waals surface area contributed by atoms with Crippen LogP contribution >= 0.6 is 15.9 Å². The molecule has 0 aliphatic rings. The summed E-state index contributed by atoms with van der Waals surface area (Å²) in [5, 5.41) is 19.0. The summed E-state index contributed by atoms with van der Waals surface area (Å²) in [5.41, 5.74) is 0.450. The van der Waals surface area contributed by atoms with Gasteiger partial charge in [0.05, 0.1) is 18.2 Å². The van der Waals surface area contributed by atoms with Gasteiger partial charge in [-0.15, -0.1) is 0 Å². The molecule has 1 aromatic rings. The van der Waals surface area contributed by atoms with Gasteiger partial charge in [-0.05, 0) is 27.6 Å². The lowest BCUT2D eigenvalue weighted by molar-refractivity contribution is 0.217. The molecule has 0 aliphatic carbocycles. The van der Waals surface area contributed by atoms with E-state index in [-0.39, 0.29) is 12.4 Å². The van der Waals surface area contributed by atoms with Gasteiger partial charge in [0.2, 0.25) is 0 Å². The number of rotatable bonds is 3. The number of aliphatic hydroxyl groups is 1. The van der Waals surface area contributed by atoms with Crippen molar-refractivity contribution < 1.29 is 14.9 Å². The minimum Gasteiger partial charge on any atom is -0.503 e. The molecule has 0 bridgehead atoms. The molecule has 4 heteroatoms. The maximum Gasteiger partial charge on any atom is 0.172 e. The number of benzene rings is 1. The van der Waals surface area contributed by atoms with Crippen LogP contribution in [0.3, 0.4) is 0 Å². The van der Waals surface area contributed by atoms with E-state index in [0.29, 0.717) is 10.2 Å². The third kappa shape index (κ3) is 2.26. The first-order valence-corrected chi connectivity index (χ1v) is 5.40. The highest BCUT2D eigenvalue weighted by Crippen LogP contribution is 2.41. The van der Waals surface area contributed by atoms with Crippen molar-refractivity contribution in [2.75, 3.05) is 13.7 Å². The molecule has 0 amide bonds. The molecule has 2 N–H and O–H groups in total. The van der Waals surface area contributed by atoms with E-state index in [0.717, 1.165) is 5.56 Å². The van der Waals surface area contributed by atoms with Crippen molar-refractivity contribution in [1.82, 2.24) is 0 Å². The number of aliphatic hydroxyl groups excluding tert-OH is 1. The molecule has 0 aromatic heterocycles. The highest BCUT2D eigenvalue weighted by atomic mass is 79.9. The lowest BCUT2D eigenvalue weighted by atomic mass is 9.85. The van der Waals surface area contributed by atoms with Gasteiger partial charge in [-0.1, -0.05) is 19.9 Å². The molecule has 0 atom stereocenters. The Balaban J connectivity index is 3.29. The predicted octanol–water partition coefficient (Wildman–Crippen LogP) is 2.43. The van der Waals surface area contributed by atoms with Crippen LogP contribution in [0.1, 0.15) is 19.4 Å². The largest absolute Gasteiger partial charge is 0.503 e. The average Bonchev–Trinajstić information content (AvgIpc) is 2.21. The topological polar surface area (TPSA) is 49.7 Å². The first kappa shape index (κ1) is 12.3. The van der Waals surface area contributed by atoms with Crippen LogP contribution in [0.2, 0.25) is 0 Å². The second-order valence-electron chi connectivity index (χ2n) is 4.02. The van der Waals surface area contributed by atoms with Gasteiger partial charge < -0.3 is 14.9 Å². The smallest absolute Gasteiger partial charge is 0.172 e. The minimum absolute atomic E-state index is 0.0113. The van der Waals surface area contributed by atoms with E-state index in [4.69, 9.17) is 4.74 Å². The zero-order chi connectivity index (χ0) is 11.6. The fourth-order valence-corrected chi connectivity index (χ4v) is 2.18. The molecule has 3 nitrogen and oxygen atoms in total. The maximum absolute atomic E-state index is 9.78. The molecule has 0 saturated heterocycles. The minimum atomic E-state index is -0.400. The summed E-state index contributed by atoms with van der Waals surface area (Å²) in [4.78, 5) is 0. The monoisotopic (exact) mass is 274 g/mol. The van der Waals surface area contributed by atoms with Gasteiger partial charge in [0, 0.05) is 5.41 Å². The van der Waals surface area contributed by atoms with Crippen molar-refractivity contribution in [2.24, 2.45) is 0 Å². The Morgan fingerprint density at radius 2 is 2.00 bits per heavy atom. The molecule has 0 unspecified atom stereocenters. The van der Waals surface area contributed by atoms with E-state index >= 15 is 0 Å². The fourth-order valence-electron chi connectivity index (χ4n) is 1.32. The van der Waals surface area contributed by atoms with Gasteiger partial charge in [-0.25, -0.2) is 0 Å². The van der Waals surface area contributed by atoms with E-state index < -0.39 is 5.41 Å². The molecule has 0 heterocycles. The van der Waals surface area contributed by atoms with Crippen molar-refractivity contribution in [3.8, 4) is 11.5 Å². The standard InChI is InChI=1S/C11H15BrO3/c1-11(2,6-13)7-4-5-8(15-3)10(14)9(7)12/h4-5,13-14H,6H2,1-3H3. The summed E-state index contributed by atoms with van der Waals surface area (Å²) >= 11 is 3.31. The fraction of sp³-hybridized carbons (Fsp3) is 0.455. The Morgan fingerprint density at radius 3 is 2.47 bits per heavy atom. The molecule has 1 aromatic carbocycles. The summed E-state index contributed by atoms with van der Waals surface area (Å²) in [6, 6.07) is 3.52. The number of halogens is 1. The van der Waals surface area contributed by atoms with E-state index in [2.05, 4.69) is 15.9 Å². The van der Waals surface area contributed by atoms with Crippen molar-refractivity contribution in [3.63, 3.8) is 0 Å². The number of phenols is 1. The van der Waals surface area contributed by atoms with Crippen molar-refractivity contribution in [3.05, 3.63) is 22.2 Å². The normalized spacial score (nSPS) is 11.5. The van der Waals surface area contributed by atoms with Gasteiger partial charge in [-0.2, -0.15) is 0 Å². The summed E-state index contributed by atoms with van der Waals surface area (Å²) in [6.45, 7) is 3.81. The van der Waals surface area contributed by atoms with Gasteiger partial charge in [0.25, 0.3) is 0 Å². The third-order valence-electron chi connectivity index (χ3n) is 2.42. The Hall–Kier alpha value is -0.740. The summed E-state index contributed by atoms with van der Waals surface area (Å²) < 4.78 is 5.55. The number of aromatic hydroxyl groups is 1. The molecular weight excluding hydrogens is 260 g/mol. The highest BCUT2D eigenvalue weighted by Gasteiger charge is 2.24. The lowest BCUT2D eigenvalue weighted by Gasteiger charge is -2.24. The molecule has 0 aliphatic heterocycles. The van der Waals surface area contributed by atoms with Crippen molar-refractivity contribution >= 4 is 15.9 Å². The molecule has 15 heavy (non-hydrogen) atoms. The van der Waals surface area contributed by atoms with E-state index in [1.807, 2.05) is 19.9 Å². The van der Waals surface area contributed by atoms with E-state index in [9.17, 15) is 10.2 Å². The summed E-state index contributed by atoms with van der Waals surface area (Å²) in [7, 11) is 1.50. The number of hydrogen-bond acceptors (Lipinski definition) is 3. The average molecular weight is 275 g/mol. The lowest BCUT2D eigenvalue weighted by Crippen LogP contribution is -2.22. The molecular formula is C11H15BrO3. The summed E-state index contributed by atoms with van der Waals surface area (Å²) in [6.07, 6.45) is 0. The molecule has 84 valence electrons. The Labute approximate surface area is 97.8 Å². The van der Waals surface area contributed by atoms with Gasteiger partial charge >= 0.3 is 0 Å². The van der Waals surface area contributed by atoms with Gasteiger partial charge in [0.15, 0.2) is 11.5 Å². The Bertz CT molecular complexity index is 361. The predicted molar refractivity (Wildman–Crippen MR) is 62.5 cm³/mol. The SMILES string of the molecule is COc1ccc(C(C)(C)CO)c(Br)c1O. The molecule has 0 saturated carbocycles. The van der Waals surface area contributed by atoms with Crippen LogP contribution in [0.15, 0.2) is 16.6 Å². The molecule has 0 fully saturated rings. The van der Waals surface area contributed by atoms with Crippen LogP contribution in [-0.4, -0.2) is 23.9 Å². The highest BCUT2D eigenvalue weighted by molar-refractivity contribution is 9.10. The quantitative estimate of drug-likeness (QED) is 0.890. The number of hydrogen-bond donors (Lipinski definition) is 2. The van der Waals surface area contributed by atoms with Crippen LogP contribution in [0.5, 0.6) is 11.5 Å². The zero-order valence-corrected chi connectivity index (χ0v) is 10.6. The second-order valence-corrected chi connectivity index (χ2v) is 4.81. The Morgan fingerprint density at radius 1 is 1.40 bits per heavy atom. The molecule has 0 spiro atoms. The Kier molecular flexibility index (Phi) is 3.62. The summed E-state index contributed by atoms with van der Waals surface area (Å²) in [5.74, 6) is 0.482. The van der Waals surface area contributed by atoms with Crippen molar-refractivity contribution in [2.45, 2.75) is 19.3 Å². The number of phenolic OH excluding ortho intramolecular Hbond substituents is 1. The second kappa shape index (κ2) is 4.41. The van der Waals surface area contributed by atoms with Crippen LogP contribution in [0, 0.1) is 0 Å². The molecule has 1 rings (SSSR count).